The predicted octanol–water partition coefficient (Wildman–Crippen LogP) is 4.91. The molecule has 0 aliphatic carbocycles. The minimum atomic E-state index is 0.236. The highest BCUT2D eigenvalue weighted by atomic mass is 32.1. The number of hydrogen-bond acceptors (Lipinski definition) is 5. The highest BCUT2D eigenvalue weighted by molar-refractivity contribution is 7.11. The third kappa shape index (κ3) is 3.12. The van der Waals surface area contributed by atoms with Gasteiger partial charge in [0.05, 0.1) is 11.3 Å². The van der Waals surface area contributed by atoms with Gasteiger partial charge in [0.15, 0.2) is 11.5 Å². The van der Waals surface area contributed by atoms with E-state index in [4.69, 9.17) is 9.47 Å². The zero-order valence-corrected chi connectivity index (χ0v) is 14.3. The van der Waals surface area contributed by atoms with Gasteiger partial charge in [0.2, 0.25) is 6.79 Å². The molecule has 0 amide bonds. The van der Waals surface area contributed by atoms with Gasteiger partial charge in [-0.25, -0.2) is 4.98 Å². The highest BCUT2D eigenvalue weighted by Crippen LogP contribution is 2.34. The Hall–Kier alpha value is -3.10. The Bertz CT molecular complexity index is 997. The lowest BCUT2D eigenvalue weighted by Gasteiger charge is -1.99. The molecular weight excluding hydrogens is 332 g/mol. The first-order chi connectivity index (χ1) is 12.2. The number of fused-ring (bicyclic) bond motifs is 1. The molecule has 1 aromatic heterocycles. The summed E-state index contributed by atoms with van der Waals surface area (Å²) in [5, 5.41) is 12.2. The smallest absolute Gasteiger partial charge is 0.231 e. The van der Waals surface area contributed by atoms with Crippen LogP contribution in [0.1, 0.15) is 16.1 Å². The summed E-state index contributed by atoms with van der Waals surface area (Å²) < 4.78 is 10.7. The van der Waals surface area contributed by atoms with E-state index < -0.39 is 0 Å². The molecule has 0 saturated carbocycles. The van der Waals surface area contributed by atoms with Crippen LogP contribution >= 0.6 is 11.3 Å². The zero-order valence-electron chi connectivity index (χ0n) is 13.5. The Kier molecular flexibility index (Phi) is 3.96. The number of allylic oxidation sites excluding steroid dienone is 1. The molecule has 122 valence electrons. The maximum absolute atomic E-state index is 9.54. The number of thiazole rings is 1. The van der Waals surface area contributed by atoms with Crippen LogP contribution in [-0.2, 0) is 0 Å². The number of hydrogen-bond donors (Lipinski definition) is 0. The van der Waals surface area contributed by atoms with Gasteiger partial charge in [-0.05, 0) is 30.7 Å². The van der Waals surface area contributed by atoms with Crippen LogP contribution in [-0.4, -0.2) is 11.8 Å². The first-order valence-electron chi connectivity index (χ1n) is 7.77. The fourth-order valence-electron chi connectivity index (χ4n) is 2.57. The maximum atomic E-state index is 9.54. The van der Waals surface area contributed by atoms with Crippen LogP contribution < -0.4 is 9.47 Å². The van der Waals surface area contributed by atoms with Crippen LogP contribution in [0.25, 0.3) is 22.9 Å². The number of nitrogens with zero attached hydrogens (tertiary/aromatic N) is 2. The fourth-order valence-corrected chi connectivity index (χ4v) is 3.36. The van der Waals surface area contributed by atoms with E-state index in [0.29, 0.717) is 16.3 Å². The van der Waals surface area contributed by atoms with Gasteiger partial charge in [-0.2, -0.15) is 5.26 Å². The predicted molar refractivity (Wildman–Crippen MR) is 98.3 cm³/mol. The average Bonchev–Trinajstić information content (AvgIpc) is 3.29. The molecule has 0 atom stereocenters. The van der Waals surface area contributed by atoms with Crippen LogP contribution in [0.4, 0.5) is 0 Å². The molecule has 4 rings (SSSR count). The molecule has 2 heterocycles. The van der Waals surface area contributed by atoms with Crippen LogP contribution in [0.2, 0.25) is 0 Å². The fraction of sp³-hybridized carbons (Fsp3) is 0.100. The number of aryl methyl sites for hydroxylation is 1. The van der Waals surface area contributed by atoms with Gasteiger partial charge < -0.3 is 9.47 Å². The van der Waals surface area contributed by atoms with Gasteiger partial charge in [-0.15, -0.1) is 11.3 Å². The Morgan fingerprint density at radius 3 is 2.76 bits per heavy atom. The van der Waals surface area contributed by atoms with Crippen molar-refractivity contribution >= 4 is 23.0 Å². The average molecular weight is 346 g/mol. The van der Waals surface area contributed by atoms with Crippen molar-refractivity contribution in [1.82, 2.24) is 4.98 Å². The second kappa shape index (κ2) is 6.42. The van der Waals surface area contributed by atoms with Crippen molar-refractivity contribution in [1.29, 1.82) is 5.26 Å². The van der Waals surface area contributed by atoms with Crippen LogP contribution in [0.5, 0.6) is 11.5 Å². The Labute approximate surface area is 149 Å². The van der Waals surface area contributed by atoms with Crippen molar-refractivity contribution in [2.45, 2.75) is 6.92 Å². The lowest BCUT2D eigenvalue weighted by molar-refractivity contribution is 0.174. The summed E-state index contributed by atoms with van der Waals surface area (Å²) >= 11 is 1.47. The van der Waals surface area contributed by atoms with Gasteiger partial charge in [-0.3, -0.25) is 0 Å². The normalized spacial score (nSPS) is 12.9. The monoisotopic (exact) mass is 346 g/mol. The van der Waals surface area contributed by atoms with Crippen molar-refractivity contribution in [2.75, 3.05) is 6.79 Å². The summed E-state index contributed by atoms with van der Waals surface area (Å²) in [6.45, 7) is 2.29. The first-order valence-corrected chi connectivity index (χ1v) is 8.65. The van der Waals surface area contributed by atoms with E-state index in [2.05, 4.69) is 30.1 Å². The first kappa shape index (κ1) is 15.4. The van der Waals surface area contributed by atoms with E-state index in [1.807, 2.05) is 41.8 Å². The van der Waals surface area contributed by atoms with E-state index in [-0.39, 0.29) is 6.79 Å². The summed E-state index contributed by atoms with van der Waals surface area (Å²) in [5.41, 5.74) is 4.55. The summed E-state index contributed by atoms with van der Waals surface area (Å²) in [5.74, 6) is 1.43. The third-order valence-corrected chi connectivity index (χ3v) is 4.79. The van der Waals surface area contributed by atoms with Gasteiger partial charge in [0.25, 0.3) is 0 Å². The molecule has 0 N–H and O–H groups in total. The number of nitriles is 1. The number of rotatable bonds is 3. The Morgan fingerprint density at radius 1 is 1.16 bits per heavy atom. The molecule has 2 aromatic carbocycles. The standard InChI is InChI=1S/C20H14N2O2S/c1-13-2-5-15(6-3-13)17-11-25-20(22-17)16(10-21)8-14-4-7-18-19(9-14)24-12-23-18/h2-9,11H,12H2,1H3/b16-8-. The minimum absolute atomic E-state index is 0.236. The second-order valence-electron chi connectivity index (χ2n) is 5.69. The molecule has 5 heteroatoms. The Balaban J connectivity index is 1.65. The topological polar surface area (TPSA) is 55.1 Å². The van der Waals surface area contributed by atoms with E-state index in [9.17, 15) is 5.26 Å². The molecule has 0 spiro atoms. The van der Waals surface area contributed by atoms with Gasteiger partial charge in [0.1, 0.15) is 11.1 Å². The van der Waals surface area contributed by atoms with E-state index >= 15 is 0 Å². The summed E-state index contributed by atoms with van der Waals surface area (Å²) in [4.78, 5) is 4.62. The maximum Gasteiger partial charge on any atom is 0.231 e. The van der Waals surface area contributed by atoms with Crippen molar-refractivity contribution in [3.63, 3.8) is 0 Å². The number of ether oxygens (including phenoxy) is 2. The molecule has 0 bridgehead atoms. The molecule has 4 nitrogen and oxygen atoms in total. The van der Waals surface area contributed by atoms with Gasteiger partial charge >= 0.3 is 0 Å². The zero-order chi connectivity index (χ0) is 17.2. The van der Waals surface area contributed by atoms with Crippen molar-refractivity contribution in [3.05, 3.63) is 64.0 Å². The van der Waals surface area contributed by atoms with Crippen LogP contribution in [0.15, 0.2) is 47.8 Å². The number of aromatic nitrogens is 1. The lowest BCUT2D eigenvalue weighted by atomic mass is 10.1. The minimum Gasteiger partial charge on any atom is -0.454 e. The quantitative estimate of drug-likeness (QED) is 0.632. The molecule has 0 unspecified atom stereocenters. The largest absolute Gasteiger partial charge is 0.454 e. The van der Waals surface area contributed by atoms with Crippen molar-refractivity contribution < 1.29 is 9.47 Å². The molecule has 1 aliphatic rings. The summed E-state index contributed by atoms with van der Waals surface area (Å²) in [6, 6.07) is 16.1. The molecule has 3 aromatic rings. The van der Waals surface area contributed by atoms with E-state index in [1.165, 1.54) is 16.9 Å². The van der Waals surface area contributed by atoms with E-state index in [1.54, 1.807) is 0 Å². The molecule has 0 fully saturated rings. The van der Waals surface area contributed by atoms with E-state index in [0.717, 1.165) is 22.6 Å². The molecule has 0 radical (unpaired) electrons. The lowest BCUT2D eigenvalue weighted by Crippen LogP contribution is -1.92. The third-order valence-electron chi connectivity index (χ3n) is 3.91. The van der Waals surface area contributed by atoms with Crippen molar-refractivity contribution in [2.24, 2.45) is 0 Å². The SMILES string of the molecule is Cc1ccc(-c2csc(/C(C#N)=C\c3ccc4c(c3)OCO4)n2)cc1. The molecule has 25 heavy (non-hydrogen) atoms. The highest BCUT2D eigenvalue weighted by Gasteiger charge is 2.14. The second-order valence-corrected chi connectivity index (χ2v) is 6.54. The summed E-state index contributed by atoms with van der Waals surface area (Å²) in [6.07, 6.45) is 1.82. The van der Waals surface area contributed by atoms with Crippen LogP contribution in [0.3, 0.4) is 0 Å². The molecular formula is C20H14N2O2S. The van der Waals surface area contributed by atoms with Gasteiger partial charge in [0, 0.05) is 10.9 Å². The molecule has 1 aliphatic heterocycles. The van der Waals surface area contributed by atoms with Crippen molar-refractivity contribution in [3.8, 4) is 28.8 Å². The van der Waals surface area contributed by atoms with Gasteiger partial charge in [-0.1, -0.05) is 35.9 Å². The van der Waals surface area contributed by atoms with Crippen LogP contribution in [0, 0.1) is 18.3 Å². The summed E-state index contributed by atoms with van der Waals surface area (Å²) in [7, 11) is 0. The number of benzene rings is 2. The Morgan fingerprint density at radius 2 is 1.96 bits per heavy atom. The molecule has 0 saturated heterocycles.